The van der Waals surface area contributed by atoms with Crippen LogP contribution >= 0.6 is 0 Å². The normalized spacial score (nSPS) is 12.3. The zero-order chi connectivity index (χ0) is 15.4. The highest BCUT2D eigenvalue weighted by atomic mass is 16.3. The lowest BCUT2D eigenvalue weighted by Gasteiger charge is -2.11. The number of hydrogen-bond acceptors (Lipinski definition) is 5. The van der Waals surface area contributed by atoms with Gasteiger partial charge in [-0.2, -0.15) is 0 Å². The molecule has 22 heavy (non-hydrogen) atoms. The SMILES string of the molecule is OCC(O)CNc1cccc(-c2cnc3ccccc3n2)c1. The Balaban J connectivity index is 1.86. The molecule has 0 amide bonds. The van der Waals surface area contributed by atoms with Gasteiger partial charge in [-0.3, -0.25) is 4.98 Å². The molecule has 3 N–H and O–H groups in total. The standard InChI is InChI=1S/C17H17N3O2/c21-11-14(22)9-18-13-5-3-4-12(8-13)17-10-19-15-6-1-2-7-16(15)20-17/h1-8,10,14,18,21-22H,9,11H2. The van der Waals surface area contributed by atoms with Crippen LogP contribution in [0.5, 0.6) is 0 Å². The Morgan fingerprint density at radius 1 is 1.05 bits per heavy atom. The fraction of sp³-hybridized carbons (Fsp3) is 0.176. The second-order valence-corrected chi connectivity index (χ2v) is 5.04. The Labute approximate surface area is 128 Å². The molecule has 0 aliphatic carbocycles. The van der Waals surface area contributed by atoms with Crippen molar-refractivity contribution in [2.24, 2.45) is 0 Å². The number of anilines is 1. The number of benzene rings is 2. The summed E-state index contributed by atoms with van der Waals surface area (Å²) in [5.41, 5.74) is 4.33. The molecule has 1 unspecified atom stereocenters. The lowest BCUT2D eigenvalue weighted by molar-refractivity contribution is 0.105. The van der Waals surface area contributed by atoms with E-state index in [-0.39, 0.29) is 6.61 Å². The fourth-order valence-electron chi connectivity index (χ4n) is 2.18. The van der Waals surface area contributed by atoms with Crippen LogP contribution < -0.4 is 5.32 Å². The number of aliphatic hydroxyl groups is 2. The van der Waals surface area contributed by atoms with Crippen LogP contribution in [-0.2, 0) is 0 Å². The number of hydrogen-bond donors (Lipinski definition) is 3. The smallest absolute Gasteiger partial charge is 0.0942 e. The molecule has 0 spiro atoms. The van der Waals surface area contributed by atoms with Gasteiger partial charge in [0.25, 0.3) is 0 Å². The lowest BCUT2D eigenvalue weighted by Crippen LogP contribution is -2.22. The third kappa shape index (κ3) is 3.21. The van der Waals surface area contributed by atoms with Crippen LogP contribution in [0.3, 0.4) is 0 Å². The first-order valence-electron chi connectivity index (χ1n) is 7.11. The van der Waals surface area contributed by atoms with E-state index in [1.807, 2.05) is 48.5 Å². The highest BCUT2D eigenvalue weighted by molar-refractivity contribution is 5.77. The number of para-hydroxylation sites is 2. The summed E-state index contributed by atoms with van der Waals surface area (Å²) in [7, 11) is 0. The van der Waals surface area contributed by atoms with Gasteiger partial charge in [0.05, 0.1) is 35.6 Å². The van der Waals surface area contributed by atoms with Gasteiger partial charge in [-0.15, -0.1) is 0 Å². The van der Waals surface area contributed by atoms with Gasteiger partial charge in [-0.05, 0) is 24.3 Å². The van der Waals surface area contributed by atoms with Crippen molar-refractivity contribution in [2.45, 2.75) is 6.10 Å². The minimum Gasteiger partial charge on any atom is -0.394 e. The molecule has 5 heteroatoms. The number of nitrogens with zero attached hydrogens (tertiary/aromatic N) is 2. The number of aliphatic hydroxyl groups excluding tert-OH is 2. The zero-order valence-corrected chi connectivity index (χ0v) is 12.0. The van der Waals surface area contributed by atoms with Gasteiger partial charge in [0.1, 0.15) is 0 Å². The summed E-state index contributed by atoms with van der Waals surface area (Å²) in [6.45, 7) is 0.0339. The van der Waals surface area contributed by atoms with Gasteiger partial charge in [0, 0.05) is 17.8 Å². The van der Waals surface area contributed by atoms with Crippen molar-refractivity contribution in [3.63, 3.8) is 0 Å². The minimum absolute atomic E-state index is 0.261. The van der Waals surface area contributed by atoms with E-state index in [0.717, 1.165) is 28.0 Å². The molecule has 0 saturated carbocycles. The van der Waals surface area contributed by atoms with Crippen molar-refractivity contribution in [2.75, 3.05) is 18.5 Å². The maximum Gasteiger partial charge on any atom is 0.0942 e. The first kappa shape index (κ1) is 14.4. The van der Waals surface area contributed by atoms with Gasteiger partial charge in [0.2, 0.25) is 0 Å². The molecule has 0 saturated heterocycles. The molecular formula is C17H17N3O2. The van der Waals surface area contributed by atoms with E-state index in [9.17, 15) is 5.11 Å². The predicted octanol–water partition coefficient (Wildman–Crippen LogP) is 2.06. The molecule has 3 aromatic rings. The zero-order valence-electron chi connectivity index (χ0n) is 12.0. The molecule has 0 bridgehead atoms. The Morgan fingerprint density at radius 2 is 1.86 bits per heavy atom. The topological polar surface area (TPSA) is 78.3 Å². The first-order chi connectivity index (χ1) is 10.8. The number of fused-ring (bicyclic) bond motifs is 1. The molecule has 0 aliphatic heterocycles. The molecule has 0 fully saturated rings. The van der Waals surface area contributed by atoms with E-state index < -0.39 is 6.10 Å². The van der Waals surface area contributed by atoms with E-state index in [4.69, 9.17) is 5.11 Å². The third-order valence-electron chi connectivity index (χ3n) is 3.36. The largest absolute Gasteiger partial charge is 0.394 e. The summed E-state index contributed by atoms with van der Waals surface area (Å²) in [6, 6.07) is 15.5. The summed E-state index contributed by atoms with van der Waals surface area (Å²) in [5.74, 6) is 0. The molecule has 5 nitrogen and oxygen atoms in total. The van der Waals surface area contributed by atoms with Gasteiger partial charge in [-0.1, -0.05) is 24.3 Å². The third-order valence-corrected chi connectivity index (χ3v) is 3.36. The van der Waals surface area contributed by atoms with Crippen molar-refractivity contribution in [3.05, 3.63) is 54.7 Å². The van der Waals surface area contributed by atoms with Crippen LogP contribution in [0, 0.1) is 0 Å². The minimum atomic E-state index is -0.774. The molecule has 0 radical (unpaired) electrons. The van der Waals surface area contributed by atoms with Gasteiger partial charge >= 0.3 is 0 Å². The van der Waals surface area contributed by atoms with Crippen LogP contribution in [0.1, 0.15) is 0 Å². The van der Waals surface area contributed by atoms with Crippen LogP contribution in [0.25, 0.3) is 22.3 Å². The Kier molecular flexibility index (Phi) is 4.27. The van der Waals surface area contributed by atoms with Crippen molar-refractivity contribution < 1.29 is 10.2 Å². The summed E-state index contributed by atoms with van der Waals surface area (Å²) < 4.78 is 0. The van der Waals surface area contributed by atoms with E-state index in [1.54, 1.807) is 6.20 Å². The molecule has 112 valence electrons. The molecule has 0 aliphatic rings. The molecule has 3 rings (SSSR count). The van der Waals surface area contributed by atoms with E-state index in [1.165, 1.54) is 0 Å². The van der Waals surface area contributed by atoms with E-state index in [0.29, 0.717) is 6.54 Å². The first-order valence-corrected chi connectivity index (χ1v) is 7.11. The summed E-state index contributed by atoms with van der Waals surface area (Å²) in [4.78, 5) is 9.04. The maximum absolute atomic E-state index is 9.39. The molecule has 1 atom stereocenters. The lowest BCUT2D eigenvalue weighted by atomic mass is 10.1. The highest BCUT2D eigenvalue weighted by Crippen LogP contribution is 2.22. The maximum atomic E-state index is 9.39. The van der Waals surface area contributed by atoms with Crippen molar-refractivity contribution in [1.82, 2.24) is 9.97 Å². The second kappa shape index (κ2) is 6.51. The molecular weight excluding hydrogens is 278 g/mol. The molecule has 2 aromatic carbocycles. The summed E-state index contributed by atoms with van der Waals surface area (Å²) >= 11 is 0. The van der Waals surface area contributed by atoms with Gasteiger partial charge < -0.3 is 15.5 Å². The molecule has 1 aromatic heterocycles. The Bertz CT molecular complexity index is 776. The summed E-state index contributed by atoms with van der Waals surface area (Å²) in [6.07, 6.45) is 0.980. The number of rotatable bonds is 5. The fourth-order valence-corrected chi connectivity index (χ4v) is 2.18. The monoisotopic (exact) mass is 295 g/mol. The second-order valence-electron chi connectivity index (χ2n) is 5.04. The average molecular weight is 295 g/mol. The van der Waals surface area contributed by atoms with Crippen LogP contribution in [-0.4, -0.2) is 39.4 Å². The quantitative estimate of drug-likeness (QED) is 0.671. The van der Waals surface area contributed by atoms with Crippen molar-refractivity contribution >= 4 is 16.7 Å². The number of nitrogens with one attached hydrogen (secondary N) is 1. The number of aromatic nitrogens is 2. The van der Waals surface area contributed by atoms with E-state index >= 15 is 0 Å². The van der Waals surface area contributed by atoms with Crippen LogP contribution in [0.15, 0.2) is 54.7 Å². The van der Waals surface area contributed by atoms with Crippen molar-refractivity contribution in [3.8, 4) is 11.3 Å². The molecule has 1 heterocycles. The predicted molar refractivity (Wildman–Crippen MR) is 86.6 cm³/mol. The Morgan fingerprint density at radius 3 is 2.68 bits per heavy atom. The summed E-state index contributed by atoms with van der Waals surface area (Å²) in [5, 5.41) is 21.3. The van der Waals surface area contributed by atoms with Crippen LogP contribution in [0.2, 0.25) is 0 Å². The van der Waals surface area contributed by atoms with Gasteiger partial charge in [0.15, 0.2) is 0 Å². The van der Waals surface area contributed by atoms with Crippen LogP contribution in [0.4, 0.5) is 5.69 Å². The Hall–Kier alpha value is -2.50. The van der Waals surface area contributed by atoms with Gasteiger partial charge in [-0.25, -0.2) is 4.98 Å². The highest BCUT2D eigenvalue weighted by Gasteiger charge is 2.05. The average Bonchev–Trinajstić information content (AvgIpc) is 2.59. The van der Waals surface area contributed by atoms with E-state index in [2.05, 4.69) is 15.3 Å². The van der Waals surface area contributed by atoms with Crippen molar-refractivity contribution in [1.29, 1.82) is 0 Å².